The summed E-state index contributed by atoms with van der Waals surface area (Å²) in [6, 6.07) is 0. The quantitative estimate of drug-likeness (QED) is 0.847. The van der Waals surface area contributed by atoms with Gasteiger partial charge in [-0.05, 0) is 13.0 Å². The van der Waals surface area contributed by atoms with Crippen molar-refractivity contribution < 1.29 is 18.0 Å². The summed E-state index contributed by atoms with van der Waals surface area (Å²) in [5.41, 5.74) is 4.52. The van der Waals surface area contributed by atoms with Gasteiger partial charge in [0.1, 0.15) is 0 Å². The molecule has 8 heteroatoms. The van der Waals surface area contributed by atoms with Gasteiger partial charge in [0, 0.05) is 32.8 Å². The molecule has 0 spiro atoms. The van der Waals surface area contributed by atoms with E-state index in [4.69, 9.17) is 5.73 Å². The lowest BCUT2D eigenvalue weighted by Gasteiger charge is -2.16. The maximum atomic E-state index is 12.3. The third-order valence-electron chi connectivity index (χ3n) is 2.64. The van der Waals surface area contributed by atoms with E-state index < -0.39 is 11.7 Å². The fraction of sp³-hybridized carbons (Fsp3) is 0.636. The van der Waals surface area contributed by atoms with E-state index in [9.17, 15) is 18.0 Å². The van der Waals surface area contributed by atoms with Crippen LogP contribution in [0, 0.1) is 0 Å². The van der Waals surface area contributed by atoms with Crippen molar-refractivity contribution in [2.75, 3.05) is 20.1 Å². The molecule has 0 aliphatic carbocycles. The summed E-state index contributed by atoms with van der Waals surface area (Å²) < 4.78 is 38.1. The predicted molar refractivity (Wildman–Crippen MR) is 63.2 cm³/mol. The summed E-state index contributed by atoms with van der Waals surface area (Å²) in [5, 5.41) is 3.58. The second kappa shape index (κ2) is 6.55. The number of alkyl halides is 3. The molecule has 108 valence electrons. The first-order chi connectivity index (χ1) is 8.84. The summed E-state index contributed by atoms with van der Waals surface area (Å²) in [6.07, 6.45) is -1.95. The van der Waals surface area contributed by atoms with Gasteiger partial charge in [-0.3, -0.25) is 9.48 Å². The van der Waals surface area contributed by atoms with Gasteiger partial charge in [-0.15, -0.1) is 0 Å². The van der Waals surface area contributed by atoms with E-state index in [0.717, 1.165) is 17.1 Å². The minimum Gasteiger partial charge on any atom is -0.346 e. The molecule has 5 nitrogen and oxygen atoms in total. The zero-order valence-corrected chi connectivity index (χ0v) is 10.7. The maximum absolute atomic E-state index is 12.3. The number of carbonyl (C=O) groups is 1. The molecule has 0 atom stereocenters. The van der Waals surface area contributed by atoms with Crippen LogP contribution in [0.15, 0.2) is 12.4 Å². The molecule has 0 bridgehead atoms. The fourth-order valence-electron chi connectivity index (χ4n) is 1.49. The Morgan fingerprint density at radius 3 is 2.74 bits per heavy atom. The van der Waals surface area contributed by atoms with E-state index in [-0.39, 0.29) is 18.9 Å². The average molecular weight is 278 g/mol. The van der Waals surface area contributed by atoms with Crippen molar-refractivity contribution in [3.05, 3.63) is 18.0 Å². The van der Waals surface area contributed by atoms with Gasteiger partial charge in [0.05, 0.1) is 11.8 Å². The van der Waals surface area contributed by atoms with E-state index in [0.29, 0.717) is 19.5 Å². The number of aromatic nitrogens is 2. The van der Waals surface area contributed by atoms with Gasteiger partial charge >= 0.3 is 6.18 Å². The molecular weight excluding hydrogens is 261 g/mol. The van der Waals surface area contributed by atoms with Gasteiger partial charge in [-0.1, -0.05) is 0 Å². The van der Waals surface area contributed by atoms with Crippen LogP contribution in [0.5, 0.6) is 0 Å². The number of hydrogen-bond acceptors (Lipinski definition) is 3. The third kappa shape index (κ3) is 4.90. The summed E-state index contributed by atoms with van der Waals surface area (Å²) in [6.45, 7) is 1.16. The van der Waals surface area contributed by atoms with E-state index in [1.165, 1.54) is 4.90 Å². The Hall–Kier alpha value is -1.57. The van der Waals surface area contributed by atoms with Crippen LogP contribution in [-0.2, 0) is 17.5 Å². The Bertz CT molecular complexity index is 416. The Balaban J connectivity index is 2.44. The number of aryl methyl sites for hydroxylation is 1. The summed E-state index contributed by atoms with van der Waals surface area (Å²) in [4.78, 5) is 13.2. The highest BCUT2D eigenvalue weighted by molar-refractivity contribution is 5.75. The minimum atomic E-state index is -4.40. The lowest BCUT2D eigenvalue weighted by atomic mass is 10.3. The highest BCUT2D eigenvalue weighted by Gasteiger charge is 2.32. The molecule has 0 aliphatic rings. The molecule has 1 amide bonds. The Labute approximate surface area is 109 Å². The predicted octanol–water partition coefficient (Wildman–Crippen LogP) is 1.10. The lowest BCUT2D eigenvalue weighted by molar-refractivity contribution is -0.137. The minimum absolute atomic E-state index is 0.111. The Morgan fingerprint density at radius 1 is 1.53 bits per heavy atom. The van der Waals surface area contributed by atoms with Crippen molar-refractivity contribution >= 4 is 5.91 Å². The second-order valence-electron chi connectivity index (χ2n) is 4.20. The van der Waals surface area contributed by atoms with E-state index in [1.54, 1.807) is 7.05 Å². The first-order valence-corrected chi connectivity index (χ1v) is 5.88. The van der Waals surface area contributed by atoms with E-state index in [2.05, 4.69) is 5.10 Å². The highest BCUT2D eigenvalue weighted by atomic mass is 19.4. The topological polar surface area (TPSA) is 64.2 Å². The van der Waals surface area contributed by atoms with Crippen LogP contribution < -0.4 is 5.73 Å². The molecule has 1 aromatic rings. The lowest BCUT2D eigenvalue weighted by Crippen LogP contribution is -2.29. The van der Waals surface area contributed by atoms with Crippen LogP contribution in [0.1, 0.15) is 18.4 Å². The SMILES string of the molecule is CN(CCCN)C(=O)CCn1cc(C(F)(F)F)cn1. The van der Waals surface area contributed by atoms with Crippen molar-refractivity contribution in [3.8, 4) is 0 Å². The summed E-state index contributed by atoms with van der Waals surface area (Å²) in [5.74, 6) is -0.141. The first kappa shape index (κ1) is 15.5. The Kier molecular flexibility index (Phi) is 5.34. The van der Waals surface area contributed by atoms with Crippen LogP contribution in [0.2, 0.25) is 0 Å². The Morgan fingerprint density at radius 2 is 2.21 bits per heavy atom. The monoisotopic (exact) mass is 278 g/mol. The fourth-order valence-corrected chi connectivity index (χ4v) is 1.49. The van der Waals surface area contributed by atoms with Gasteiger partial charge in [-0.25, -0.2) is 0 Å². The largest absolute Gasteiger partial charge is 0.419 e. The van der Waals surface area contributed by atoms with Crippen molar-refractivity contribution in [3.63, 3.8) is 0 Å². The third-order valence-corrected chi connectivity index (χ3v) is 2.64. The number of nitrogens with zero attached hydrogens (tertiary/aromatic N) is 3. The number of halogens is 3. The maximum Gasteiger partial charge on any atom is 0.419 e. The van der Waals surface area contributed by atoms with Crippen LogP contribution in [-0.4, -0.2) is 40.7 Å². The molecule has 0 unspecified atom stereocenters. The molecule has 2 N–H and O–H groups in total. The molecule has 1 aromatic heterocycles. The van der Waals surface area contributed by atoms with Crippen molar-refractivity contribution in [1.29, 1.82) is 0 Å². The number of amides is 1. The summed E-state index contributed by atoms with van der Waals surface area (Å²) >= 11 is 0. The van der Waals surface area contributed by atoms with Crippen LogP contribution in [0.3, 0.4) is 0 Å². The highest BCUT2D eigenvalue weighted by Crippen LogP contribution is 2.28. The van der Waals surface area contributed by atoms with Crippen LogP contribution in [0.25, 0.3) is 0 Å². The van der Waals surface area contributed by atoms with Crippen molar-refractivity contribution in [2.24, 2.45) is 5.73 Å². The van der Waals surface area contributed by atoms with Gasteiger partial charge < -0.3 is 10.6 Å². The molecule has 0 fully saturated rings. The molecule has 0 saturated carbocycles. The molecular formula is C11H17F3N4O. The molecule has 19 heavy (non-hydrogen) atoms. The van der Waals surface area contributed by atoms with Gasteiger partial charge in [0.2, 0.25) is 5.91 Å². The standard InChI is InChI=1S/C11H17F3N4O/c1-17(5-2-4-15)10(19)3-6-18-8-9(7-16-18)11(12,13)14/h7-8H,2-6,15H2,1H3. The molecule has 0 saturated heterocycles. The van der Waals surface area contributed by atoms with Crippen molar-refractivity contribution in [2.45, 2.75) is 25.6 Å². The molecule has 1 heterocycles. The van der Waals surface area contributed by atoms with Gasteiger partial charge in [0.15, 0.2) is 0 Å². The van der Waals surface area contributed by atoms with Gasteiger partial charge in [0.25, 0.3) is 0 Å². The number of nitrogens with two attached hydrogens (primary N) is 1. The zero-order valence-electron chi connectivity index (χ0n) is 10.7. The molecule has 0 aromatic carbocycles. The van der Waals surface area contributed by atoms with E-state index in [1.807, 2.05) is 0 Å². The smallest absolute Gasteiger partial charge is 0.346 e. The summed E-state index contributed by atoms with van der Waals surface area (Å²) in [7, 11) is 1.64. The first-order valence-electron chi connectivity index (χ1n) is 5.88. The molecule has 1 rings (SSSR count). The van der Waals surface area contributed by atoms with Gasteiger partial charge in [-0.2, -0.15) is 18.3 Å². The number of carbonyl (C=O) groups excluding carboxylic acids is 1. The average Bonchev–Trinajstić information content (AvgIpc) is 2.81. The number of hydrogen-bond donors (Lipinski definition) is 1. The molecule has 0 aliphatic heterocycles. The van der Waals surface area contributed by atoms with E-state index >= 15 is 0 Å². The van der Waals surface area contributed by atoms with Crippen molar-refractivity contribution in [1.82, 2.24) is 14.7 Å². The normalized spacial score (nSPS) is 11.6. The number of rotatable bonds is 6. The zero-order chi connectivity index (χ0) is 14.5. The molecule has 0 radical (unpaired) electrons. The van der Waals surface area contributed by atoms with Crippen LogP contribution >= 0.6 is 0 Å². The second-order valence-corrected chi connectivity index (χ2v) is 4.20. The van der Waals surface area contributed by atoms with Crippen LogP contribution in [0.4, 0.5) is 13.2 Å².